The molecule has 126 valence electrons. The molecule has 0 spiro atoms. The van der Waals surface area contributed by atoms with E-state index in [0.717, 1.165) is 42.0 Å². The second-order valence-corrected chi connectivity index (χ2v) is 6.16. The first kappa shape index (κ1) is 16.5. The quantitative estimate of drug-likeness (QED) is 0.661. The first-order chi connectivity index (χ1) is 11.6. The third-order valence-electron chi connectivity index (χ3n) is 4.09. The SMILES string of the molecule is Cc1cccc(OCCCCn2c([C@@H](C)O)nc3ccccc32)c1. The number of hydrogen-bond acceptors (Lipinski definition) is 3. The molecule has 1 N–H and O–H groups in total. The second kappa shape index (κ2) is 7.49. The van der Waals surface area contributed by atoms with Gasteiger partial charge in [-0.05, 0) is 56.5 Å². The molecule has 1 aromatic heterocycles. The summed E-state index contributed by atoms with van der Waals surface area (Å²) in [5.74, 6) is 1.66. The van der Waals surface area contributed by atoms with Gasteiger partial charge in [-0.1, -0.05) is 24.3 Å². The Morgan fingerprint density at radius 2 is 1.96 bits per heavy atom. The maximum atomic E-state index is 9.97. The fourth-order valence-electron chi connectivity index (χ4n) is 2.92. The van der Waals surface area contributed by atoms with Crippen LogP contribution in [-0.4, -0.2) is 21.3 Å². The summed E-state index contributed by atoms with van der Waals surface area (Å²) in [6.07, 6.45) is 1.37. The number of aliphatic hydroxyl groups is 1. The first-order valence-electron chi connectivity index (χ1n) is 8.48. The zero-order valence-electron chi connectivity index (χ0n) is 14.3. The average molecular weight is 324 g/mol. The van der Waals surface area contributed by atoms with E-state index in [1.165, 1.54) is 5.56 Å². The number of aliphatic hydroxyl groups excluding tert-OH is 1. The Hall–Kier alpha value is -2.33. The van der Waals surface area contributed by atoms with Gasteiger partial charge < -0.3 is 14.4 Å². The van der Waals surface area contributed by atoms with Gasteiger partial charge in [-0.15, -0.1) is 0 Å². The predicted molar refractivity (Wildman–Crippen MR) is 96.3 cm³/mol. The van der Waals surface area contributed by atoms with Crippen molar-refractivity contribution in [2.45, 2.75) is 39.3 Å². The summed E-state index contributed by atoms with van der Waals surface area (Å²) in [5.41, 5.74) is 3.22. The van der Waals surface area contributed by atoms with E-state index in [9.17, 15) is 5.11 Å². The maximum Gasteiger partial charge on any atom is 0.138 e. The number of aryl methyl sites for hydroxylation is 2. The molecule has 0 bridgehead atoms. The molecule has 0 fully saturated rings. The van der Waals surface area contributed by atoms with Gasteiger partial charge >= 0.3 is 0 Å². The van der Waals surface area contributed by atoms with E-state index in [1.807, 2.05) is 30.3 Å². The van der Waals surface area contributed by atoms with Gasteiger partial charge in [0.15, 0.2) is 0 Å². The smallest absolute Gasteiger partial charge is 0.138 e. The van der Waals surface area contributed by atoms with E-state index in [2.05, 4.69) is 34.7 Å². The van der Waals surface area contributed by atoms with Crippen LogP contribution in [0.15, 0.2) is 48.5 Å². The van der Waals surface area contributed by atoms with Gasteiger partial charge in [0.05, 0.1) is 17.6 Å². The molecule has 0 radical (unpaired) electrons. The Kier molecular flexibility index (Phi) is 5.16. The molecule has 1 heterocycles. The van der Waals surface area contributed by atoms with Crippen LogP contribution in [0.4, 0.5) is 0 Å². The lowest BCUT2D eigenvalue weighted by atomic mass is 10.2. The zero-order valence-corrected chi connectivity index (χ0v) is 14.3. The first-order valence-corrected chi connectivity index (χ1v) is 8.48. The summed E-state index contributed by atoms with van der Waals surface area (Å²) in [6, 6.07) is 16.1. The van der Waals surface area contributed by atoms with Crippen LogP contribution >= 0.6 is 0 Å². The second-order valence-electron chi connectivity index (χ2n) is 6.16. The van der Waals surface area contributed by atoms with Crippen LogP contribution in [0.1, 0.15) is 37.3 Å². The number of aromatic nitrogens is 2. The third-order valence-corrected chi connectivity index (χ3v) is 4.09. The molecule has 0 aliphatic carbocycles. The molecule has 3 aromatic rings. The Morgan fingerprint density at radius 1 is 1.12 bits per heavy atom. The Bertz CT molecular complexity index is 808. The number of ether oxygens (including phenoxy) is 1. The Labute approximate surface area is 142 Å². The lowest BCUT2D eigenvalue weighted by Crippen LogP contribution is -2.08. The molecule has 0 aliphatic rings. The minimum atomic E-state index is -0.569. The number of unbranched alkanes of at least 4 members (excludes halogenated alkanes) is 1. The highest BCUT2D eigenvalue weighted by Gasteiger charge is 2.13. The number of fused-ring (bicyclic) bond motifs is 1. The zero-order chi connectivity index (χ0) is 16.9. The van der Waals surface area contributed by atoms with Crippen LogP contribution in [0, 0.1) is 6.92 Å². The van der Waals surface area contributed by atoms with Crippen molar-refractivity contribution in [3.63, 3.8) is 0 Å². The topological polar surface area (TPSA) is 47.3 Å². The number of benzene rings is 2. The van der Waals surface area contributed by atoms with Crippen molar-refractivity contribution >= 4 is 11.0 Å². The third kappa shape index (κ3) is 3.77. The largest absolute Gasteiger partial charge is 0.494 e. The molecule has 24 heavy (non-hydrogen) atoms. The van der Waals surface area contributed by atoms with Crippen molar-refractivity contribution in [2.24, 2.45) is 0 Å². The highest BCUT2D eigenvalue weighted by atomic mass is 16.5. The van der Waals surface area contributed by atoms with E-state index in [4.69, 9.17) is 4.74 Å². The van der Waals surface area contributed by atoms with Crippen LogP contribution in [0.5, 0.6) is 5.75 Å². The van der Waals surface area contributed by atoms with Crippen LogP contribution in [0.2, 0.25) is 0 Å². The van der Waals surface area contributed by atoms with E-state index in [0.29, 0.717) is 6.61 Å². The van der Waals surface area contributed by atoms with Gasteiger partial charge in [-0.25, -0.2) is 4.98 Å². The van der Waals surface area contributed by atoms with E-state index in [1.54, 1.807) is 6.92 Å². The van der Waals surface area contributed by atoms with Crippen molar-refractivity contribution in [3.8, 4) is 5.75 Å². The molecule has 0 amide bonds. The van der Waals surface area contributed by atoms with Gasteiger partial charge in [0.25, 0.3) is 0 Å². The highest BCUT2D eigenvalue weighted by Crippen LogP contribution is 2.21. The van der Waals surface area contributed by atoms with Gasteiger partial charge in [0.2, 0.25) is 0 Å². The van der Waals surface area contributed by atoms with Crippen LogP contribution in [0.3, 0.4) is 0 Å². The lowest BCUT2D eigenvalue weighted by Gasteiger charge is -2.11. The summed E-state index contributed by atoms with van der Waals surface area (Å²) in [4.78, 5) is 4.55. The van der Waals surface area contributed by atoms with Crippen LogP contribution in [-0.2, 0) is 6.54 Å². The molecule has 1 atom stereocenters. The van der Waals surface area contributed by atoms with Gasteiger partial charge in [0.1, 0.15) is 17.7 Å². The van der Waals surface area contributed by atoms with Gasteiger partial charge in [-0.3, -0.25) is 0 Å². The lowest BCUT2D eigenvalue weighted by molar-refractivity contribution is 0.184. The minimum absolute atomic E-state index is 0.569. The molecule has 2 aromatic carbocycles. The van der Waals surface area contributed by atoms with E-state index >= 15 is 0 Å². The fourth-order valence-corrected chi connectivity index (χ4v) is 2.92. The molecular formula is C20H24N2O2. The number of imidazole rings is 1. The Balaban J connectivity index is 1.58. The predicted octanol–water partition coefficient (Wildman–Crippen LogP) is 4.26. The summed E-state index contributed by atoms with van der Waals surface area (Å²) < 4.78 is 7.91. The van der Waals surface area contributed by atoms with E-state index < -0.39 is 6.10 Å². The van der Waals surface area contributed by atoms with E-state index in [-0.39, 0.29) is 0 Å². The molecule has 0 aliphatic heterocycles. The van der Waals surface area contributed by atoms with Gasteiger partial charge in [0, 0.05) is 6.54 Å². The minimum Gasteiger partial charge on any atom is -0.494 e. The molecule has 0 saturated carbocycles. The maximum absolute atomic E-state index is 9.97. The van der Waals surface area contributed by atoms with Crippen molar-refractivity contribution in [2.75, 3.05) is 6.61 Å². The number of hydrogen-bond donors (Lipinski definition) is 1. The summed E-state index contributed by atoms with van der Waals surface area (Å²) in [5, 5.41) is 9.97. The standard InChI is InChI=1S/C20H24N2O2/c1-15-8-7-9-17(14-15)24-13-6-5-12-22-19-11-4-3-10-18(19)21-20(22)16(2)23/h3-4,7-11,14,16,23H,5-6,12-13H2,1-2H3/t16-/m1/s1. The van der Waals surface area contributed by atoms with Gasteiger partial charge in [-0.2, -0.15) is 0 Å². The number of nitrogens with zero attached hydrogens (tertiary/aromatic N) is 2. The monoisotopic (exact) mass is 324 g/mol. The molecule has 0 saturated heterocycles. The highest BCUT2D eigenvalue weighted by molar-refractivity contribution is 5.75. The summed E-state index contributed by atoms with van der Waals surface area (Å²) in [6.45, 7) is 5.35. The number of rotatable bonds is 7. The molecule has 4 nitrogen and oxygen atoms in total. The summed E-state index contributed by atoms with van der Waals surface area (Å²) >= 11 is 0. The van der Waals surface area contributed by atoms with Crippen LogP contribution in [0.25, 0.3) is 11.0 Å². The van der Waals surface area contributed by atoms with Crippen molar-refractivity contribution in [1.82, 2.24) is 9.55 Å². The fraction of sp³-hybridized carbons (Fsp3) is 0.350. The van der Waals surface area contributed by atoms with Crippen molar-refractivity contribution in [1.29, 1.82) is 0 Å². The van der Waals surface area contributed by atoms with Crippen LogP contribution < -0.4 is 4.74 Å². The normalized spacial score (nSPS) is 12.5. The molecule has 0 unspecified atom stereocenters. The van der Waals surface area contributed by atoms with Crippen molar-refractivity contribution in [3.05, 3.63) is 59.9 Å². The van der Waals surface area contributed by atoms with Crippen molar-refractivity contribution < 1.29 is 9.84 Å². The Morgan fingerprint density at radius 3 is 2.75 bits per heavy atom. The summed E-state index contributed by atoms with van der Waals surface area (Å²) in [7, 11) is 0. The molecular weight excluding hydrogens is 300 g/mol. The number of para-hydroxylation sites is 2. The molecule has 3 rings (SSSR count). The molecule has 4 heteroatoms. The average Bonchev–Trinajstić information content (AvgIpc) is 2.94.